The summed E-state index contributed by atoms with van der Waals surface area (Å²) in [6, 6.07) is 6.72. The lowest BCUT2D eigenvalue weighted by Gasteiger charge is -2.07. The van der Waals surface area contributed by atoms with Crippen molar-refractivity contribution in [1.29, 1.82) is 0 Å². The van der Waals surface area contributed by atoms with E-state index in [1.807, 2.05) is 0 Å². The minimum atomic E-state index is -0.524. The Bertz CT molecular complexity index is 390. The Kier molecular flexibility index (Phi) is 3.75. The van der Waals surface area contributed by atoms with Crippen molar-refractivity contribution >= 4 is 5.97 Å². The van der Waals surface area contributed by atoms with Crippen LogP contribution in [0, 0.1) is 12.3 Å². The van der Waals surface area contributed by atoms with Crippen LogP contribution in [0.15, 0.2) is 24.3 Å². The van der Waals surface area contributed by atoms with E-state index in [9.17, 15) is 4.79 Å². The summed E-state index contributed by atoms with van der Waals surface area (Å²) >= 11 is 0. The second-order valence-electron chi connectivity index (χ2n) is 2.95. The van der Waals surface area contributed by atoms with Crippen LogP contribution >= 0.6 is 0 Å². The molecule has 0 aliphatic heterocycles. The van der Waals surface area contributed by atoms with Gasteiger partial charge in [0.1, 0.15) is 5.75 Å². The van der Waals surface area contributed by atoms with Crippen LogP contribution in [0.1, 0.15) is 17.3 Å². The normalized spacial score (nSPS) is 11.3. The molecule has 1 rings (SSSR count). The van der Waals surface area contributed by atoms with Crippen LogP contribution in [0.25, 0.3) is 0 Å². The van der Waals surface area contributed by atoms with Gasteiger partial charge in [0.05, 0.1) is 12.7 Å². The van der Waals surface area contributed by atoms with Gasteiger partial charge in [-0.1, -0.05) is 12.0 Å². The van der Waals surface area contributed by atoms with Gasteiger partial charge in [-0.2, -0.15) is 0 Å². The lowest BCUT2D eigenvalue weighted by molar-refractivity contribution is 0.0438. The van der Waals surface area contributed by atoms with Crippen LogP contribution in [-0.4, -0.2) is 19.2 Å². The highest BCUT2D eigenvalue weighted by Gasteiger charge is 2.10. The number of esters is 1. The van der Waals surface area contributed by atoms with Crippen molar-refractivity contribution in [3.63, 3.8) is 0 Å². The number of rotatable bonds is 3. The molecule has 1 atom stereocenters. The van der Waals surface area contributed by atoms with E-state index in [1.165, 1.54) is 7.11 Å². The fourth-order valence-electron chi connectivity index (χ4n) is 1.01. The molecule has 0 amide bonds. The monoisotopic (exact) mass is 204 g/mol. The minimum Gasteiger partial charge on any atom is -0.497 e. The fraction of sp³-hybridized carbons (Fsp3) is 0.250. The van der Waals surface area contributed by atoms with Crippen molar-refractivity contribution in [2.45, 2.75) is 13.0 Å². The molecule has 1 aromatic carbocycles. The average Bonchev–Trinajstić information content (AvgIpc) is 2.28. The SMILES string of the molecule is C#CC(C)OC(=O)c1cccc(OC)c1. The van der Waals surface area contributed by atoms with E-state index in [0.717, 1.165) is 0 Å². The molecule has 0 saturated carbocycles. The number of hydrogen-bond acceptors (Lipinski definition) is 3. The maximum absolute atomic E-state index is 11.5. The van der Waals surface area contributed by atoms with Gasteiger partial charge in [0.15, 0.2) is 6.10 Å². The smallest absolute Gasteiger partial charge is 0.339 e. The first-order chi connectivity index (χ1) is 7.17. The largest absolute Gasteiger partial charge is 0.497 e. The van der Waals surface area contributed by atoms with Gasteiger partial charge in [-0.15, -0.1) is 6.42 Å². The average molecular weight is 204 g/mol. The number of terminal acetylenes is 1. The summed E-state index contributed by atoms with van der Waals surface area (Å²) < 4.78 is 9.94. The first kappa shape index (κ1) is 11.1. The molecule has 0 saturated heterocycles. The molecular weight excluding hydrogens is 192 g/mol. The number of hydrogen-bond donors (Lipinski definition) is 0. The van der Waals surface area contributed by atoms with Crippen molar-refractivity contribution in [2.75, 3.05) is 7.11 Å². The van der Waals surface area contributed by atoms with Gasteiger partial charge in [-0.3, -0.25) is 0 Å². The predicted octanol–water partition coefficient (Wildman–Crippen LogP) is 1.87. The number of methoxy groups -OCH3 is 1. The van der Waals surface area contributed by atoms with Crippen LogP contribution in [0.4, 0.5) is 0 Å². The number of carbonyl (C=O) groups excluding carboxylic acids is 1. The highest BCUT2D eigenvalue weighted by molar-refractivity contribution is 5.90. The lowest BCUT2D eigenvalue weighted by Crippen LogP contribution is -2.12. The highest BCUT2D eigenvalue weighted by atomic mass is 16.5. The van der Waals surface area contributed by atoms with Crippen molar-refractivity contribution in [2.24, 2.45) is 0 Å². The Hall–Kier alpha value is -1.95. The van der Waals surface area contributed by atoms with Crippen molar-refractivity contribution in [3.05, 3.63) is 29.8 Å². The third kappa shape index (κ3) is 3.03. The summed E-state index contributed by atoms with van der Waals surface area (Å²) in [6.07, 6.45) is 4.58. The lowest BCUT2D eigenvalue weighted by atomic mass is 10.2. The van der Waals surface area contributed by atoms with E-state index >= 15 is 0 Å². The van der Waals surface area contributed by atoms with E-state index < -0.39 is 12.1 Å². The van der Waals surface area contributed by atoms with E-state index in [1.54, 1.807) is 31.2 Å². The number of ether oxygens (including phenoxy) is 2. The third-order valence-corrected chi connectivity index (χ3v) is 1.82. The molecule has 1 aromatic rings. The molecule has 0 N–H and O–H groups in total. The molecule has 3 nitrogen and oxygen atoms in total. The molecule has 0 heterocycles. The number of benzene rings is 1. The molecule has 78 valence electrons. The summed E-state index contributed by atoms with van der Waals surface area (Å²) in [7, 11) is 1.54. The molecule has 1 unspecified atom stereocenters. The standard InChI is InChI=1S/C12H12O3/c1-4-9(2)15-12(13)10-6-5-7-11(8-10)14-3/h1,5-9H,2-3H3. The summed E-state index contributed by atoms with van der Waals surface area (Å²) in [5, 5.41) is 0. The molecule has 0 fully saturated rings. The van der Waals surface area contributed by atoms with E-state index in [-0.39, 0.29) is 0 Å². The number of carbonyl (C=O) groups is 1. The Morgan fingerprint density at radius 2 is 2.27 bits per heavy atom. The Balaban J connectivity index is 2.78. The van der Waals surface area contributed by atoms with Crippen LogP contribution in [0.5, 0.6) is 5.75 Å². The van der Waals surface area contributed by atoms with Crippen LogP contribution in [-0.2, 0) is 4.74 Å². The molecule has 0 aliphatic carbocycles. The first-order valence-corrected chi connectivity index (χ1v) is 4.48. The maximum Gasteiger partial charge on any atom is 0.339 e. The van der Waals surface area contributed by atoms with Gasteiger partial charge in [0, 0.05) is 0 Å². The zero-order valence-electron chi connectivity index (χ0n) is 8.69. The molecule has 0 spiro atoms. The zero-order valence-corrected chi connectivity index (χ0v) is 8.69. The zero-order chi connectivity index (χ0) is 11.3. The van der Waals surface area contributed by atoms with Crippen LogP contribution < -0.4 is 4.74 Å². The Morgan fingerprint density at radius 3 is 2.87 bits per heavy atom. The molecule has 0 aromatic heterocycles. The van der Waals surface area contributed by atoms with E-state index in [2.05, 4.69) is 5.92 Å². The molecule has 0 radical (unpaired) electrons. The van der Waals surface area contributed by atoms with Gasteiger partial charge < -0.3 is 9.47 Å². The predicted molar refractivity (Wildman–Crippen MR) is 56.7 cm³/mol. The second kappa shape index (κ2) is 5.06. The maximum atomic E-state index is 11.5. The van der Waals surface area contributed by atoms with Crippen molar-refractivity contribution < 1.29 is 14.3 Å². The van der Waals surface area contributed by atoms with Gasteiger partial charge in [0.25, 0.3) is 0 Å². The van der Waals surface area contributed by atoms with Gasteiger partial charge in [-0.25, -0.2) is 4.79 Å². The van der Waals surface area contributed by atoms with Gasteiger partial charge in [0.2, 0.25) is 0 Å². The highest BCUT2D eigenvalue weighted by Crippen LogP contribution is 2.13. The molecule has 15 heavy (non-hydrogen) atoms. The summed E-state index contributed by atoms with van der Waals surface area (Å²) in [5.41, 5.74) is 0.427. The van der Waals surface area contributed by atoms with Gasteiger partial charge >= 0.3 is 5.97 Å². The molecule has 3 heteroatoms. The van der Waals surface area contributed by atoms with Crippen molar-refractivity contribution in [3.8, 4) is 18.1 Å². The second-order valence-corrected chi connectivity index (χ2v) is 2.95. The van der Waals surface area contributed by atoms with E-state index in [0.29, 0.717) is 11.3 Å². The Morgan fingerprint density at radius 1 is 1.53 bits per heavy atom. The Labute approximate surface area is 89.0 Å². The summed E-state index contributed by atoms with van der Waals surface area (Å²) in [6.45, 7) is 1.64. The molecule has 0 bridgehead atoms. The van der Waals surface area contributed by atoms with Gasteiger partial charge in [-0.05, 0) is 25.1 Å². The fourth-order valence-corrected chi connectivity index (χ4v) is 1.01. The van der Waals surface area contributed by atoms with E-state index in [4.69, 9.17) is 15.9 Å². The minimum absolute atomic E-state index is 0.427. The van der Waals surface area contributed by atoms with Crippen molar-refractivity contribution in [1.82, 2.24) is 0 Å². The molecule has 0 aliphatic rings. The van der Waals surface area contributed by atoms with Crippen LogP contribution in [0.2, 0.25) is 0 Å². The van der Waals surface area contributed by atoms with Crippen LogP contribution in [0.3, 0.4) is 0 Å². The third-order valence-electron chi connectivity index (χ3n) is 1.82. The summed E-state index contributed by atoms with van der Waals surface area (Å²) in [5.74, 6) is 2.48. The quantitative estimate of drug-likeness (QED) is 0.557. The molecular formula is C12H12O3. The first-order valence-electron chi connectivity index (χ1n) is 4.48. The topological polar surface area (TPSA) is 35.5 Å². The summed E-state index contributed by atoms with van der Waals surface area (Å²) in [4.78, 5) is 11.5.